The standard InChI is InChI=1S/C18H19N3/c1-20-10-12-21(13-11-20)17-8-6-15(7-9-17)18-5-3-2-4-16(18)14-19/h2-9H,10-13H2,1H3. The van der Waals surface area contributed by atoms with Crippen LogP contribution in [0.3, 0.4) is 0 Å². The van der Waals surface area contributed by atoms with Crippen LogP contribution in [0.5, 0.6) is 0 Å². The van der Waals surface area contributed by atoms with Crippen molar-refractivity contribution >= 4 is 5.69 Å². The zero-order chi connectivity index (χ0) is 14.7. The minimum Gasteiger partial charge on any atom is -0.369 e. The van der Waals surface area contributed by atoms with Crippen LogP contribution in [-0.2, 0) is 0 Å². The predicted molar refractivity (Wildman–Crippen MR) is 86.3 cm³/mol. The Hall–Kier alpha value is -2.31. The summed E-state index contributed by atoms with van der Waals surface area (Å²) < 4.78 is 0. The van der Waals surface area contributed by atoms with Crippen molar-refractivity contribution in [3.63, 3.8) is 0 Å². The first-order valence-corrected chi connectivity index (χ1v) is 7.31. The molecule has 3 rings (SSSR count). The molecule has 1 fully saturated rings. The number of anilines is 1. The lowest BCUT2D eigenvalue weighted by atomic mass is 10.00. The second-order valence-electron chi connectivity index (χ2n) is 5.49. The molecule has 2 aromatic rings. The lowest BCUT2D eigenvalue weighted by molar-refractivity contribution is 0.313. The number of piperazine rings is 1. The van der Waals surface area contributed by atoms with E-state index in [1.165, 1.54) is 5.69 Å². The molecule has 0 aliphatic carbocycles. The van der Waals surface area contributed by atoms with Gasteiger partial charge in [0.1, 0.15) is 0 Å². The van der Waals surface area contributed by atoms with Gasteiger partial charge < -0.3 is 9.80 Å². The fourth-order valence-electron chi connectivity index (χ4n) is 2.75. The van der Waals surface area contributed by atoms with Crippen LogP contribution in [0.1, 0.15) is 5.56 Å². The van der Waals surface area contributed by atoms with Gasteiger partial charge in [0.2, 0.25) is 0 Å². The largest absolute Gasteiger partial charge is 0.369 e. The Morgan fingerprint density at radius 3 is 2.24 bits per heavy atom. The van der Waals surface area contributed by atoms with Crippen molar-refractivity contribution in [3.05, 3.63) is 54.1 Å². The van der Waals surface area contributed by atoms with E-state index < -0.39 is 0 Å². The van der Waals surface area contributed by atoms with Crippen LogP contribution in [0.4, 0.5) is 5.69 Å². The maximum absolute atomic E-state index is 9.20. The number of rotatable bonds is 2. The molecule has 0 unspecified atom stereocenters. The molecule has 2 aromatic carbocycles. The lowest BCUT2D eigenvalue weighted by Crippen LogP contribution is -2.44. The smallest absolute Gasteiger partial charge is 0.0998 e. The second kappa shape index (κ2) is 5.99. The third kappa shape index (κ3) is 2.91. The number of hydrogen-bond donors (Lipinski definition) is 0. The molecule has 21 heavy (non-hydrogen) atoms. The molecule has 3 nitrogen and oxygen atoms in total. The highest BCUT2D eigenvalue weighted by Crippen LogP contribution is 2.26. The van der Waals surface area contributed by atoms with Gasteiger partial charge in [-0.05, 0) is 36.4 Å². The van der Waals surface area contributed by atoms with Crippen molar-refractivity contribution in [1.29, 1.82) is 5.26 Å². The normalized spacial score (nSPS) is 15.7. The van der Waals surface area contributed by atoms with Crippen LogP contribution >= 0.6 is 0 Å². The first-order valence-electron chi connectivity index (χ1n) is 7.31. The number of likely N-dealkylation sites (N-methyl/N-ethyl adjacent to an activating group) is 1. The Morgan fingerprint density at radius 2 is 1.57 bits per heavy atom. The summed E-state index contributed by atoms with van der Waals surface area (Å²) in [6.45, 7) is 4.37. The monoisotopic (exact) mass is 277 g/mol. The van der Waals surface area contributed by atoms with Crippen LogP contribution in [0.15, 0.2) is 48.5 Å². The van der Waals surface area contributed by atoms with E-state index in [1.54, 1.807) is 0 Å². The van der Waals surface area contributed by atoms with Gasteiger partial charge in [0.05, 0.1) is 11.6 Å². The summed E-state index contributed by atoms with van der Waals surface area (Å²) in [6.07, 6.45) is 0. The maximum atomic E-state index is 9.20. The summed E-state index contributed by atoms with van der Waals surface area (Å²) in [7, 11) is 2.17. The van der Waals surface area contributed by atoms with Crippen molar-refractivity contribution < 1.29 is 0 Å². The molecule has 0 spiro atoms. The van der Waals surface area contributed by atoms with E-state index in [0.29, 0.717) is 0 Å². The van der Waals surface area contributed by atoms with Gasteiger partial charge in [0.15, 0.2) is 0 Å². The van der Waals surface area contributed by atoms with E-state index >= 15 is 0 Å². The molecule has 3 heteroatoms. The van der Waals surface area contributed by atoms with Gasteiger partial charge in [-0.3, -0.25) is 0 Å². The number of nitrogens with zero attached hydrogens (tertiary/aromatic N) is 3. The zero-order valence-electron chi connectivity index (χ0n) is 12.3. The van der Waals surface area contributed by atoms with Crippen LogP contribution in [0.2, 0.25) is 0 Å². The van der Waals surface area contributed by atoms with Crippen LogP contribution in [-0.4, -0.2) is 38.1 Å². The molecular formula is C18H19N3. The van der Waals surface area contributed by atoms with Crippen LogP contribution in [0, 0.1) is 11.3 Å². The Balaban J connectivity index is 1.83. The van der Waals surface area contributed by atoms with Crippen molar-refractivity contribution in [2.75, 3.05) is 38.1 Å². The molecule has 106 valence electrons. The highest BCUT2D eigenvalue weighted by atomic mass is 15.2. The third-order valence-electron chi connectivity index (χ3n) is 4.09. The molecule has 0 atom stereocenters. The lowest BCUT2D eigenvalue weighted by Gasteiger charge is -2.34. The summed E-state index contributed by atoms with van der Waals surface area (Å²) in [6, 6.07) is 18.6. The predicted octanol–water partition coefficient (Wildman–Crippen LogP) is 2.98. The third-order valence-corrected chi connectivity index (χ3v) is 4.09. The van der Waals surface area contributed by atoms with E-state index in [9.17, 15) is 5.26 Å². The van der Waals surface area contributed by atoms with Gasteiger partial charge >= 0.3 is 0 Å². The summed E-state index contributed by atoms with van der Waals surface area (Å²) in [5.74, 6) is 0. The van der Waals surface area contributed by atoms with E-state index in [-0.39, 0.29) is 0 Å². The summed E-state index contributed by atoms with van der Waals surface area (Å²) in [4.78, 5) is 4.77. The Morgan fingerprint density at radius 1 is 0.905 bits per heavy atom. The van der Waals surface area contributed by atoms with Crippen LogP contribution < -0.4 is 4.90 Å². The Kier molecular flexibility index (Phi) is 3.89. The molecule has 1 heterocycles. The average Bonchev–Trinajstić information content (AvgIpc) is 2.56. The van der Waals surface area contributed by atoms with Crippen molar-refractivity contribution in [1.82, 2.24) is 4.90 Å². The molecular weight excluding hydrogens is 258 g/mol. The molecule has 0 N–H and O–H groups in total. The summed E-state index contributed by atoms with van der Waals surface area (Å²) in [5.41, 5.74) is 4.10. The molecule has 1 aliphatic rings. The van der Waals surface area contributed by atoms with Gasteiger partial charge in [-0.15, -0.1) is 0 Å². The van der Waals surface area contributed by atoms with Crippen LogP contribution in [0.25, 0.3) is 11.1 Å². The summed E-state index contributed by atoms with van der Waals surface area (Å²) >= 11 is 0. The summed E-state index contributed by atoms with van der Waals surface area (Å²) in [5, 5.41) is 9.20. The van der Waals surface area contributed by atoms with Crippen molar-refractivity contribution in [2.45, 2.75) is 0 Å². The van der Waals surface area contributed by atoms with Crippen molar-refractivity contribution in [2.24, 2.45) is 0 Å². The molecule has 1 saturated heterocycles. The van der Waals surface area contributed by atoms with E-state index in [0.717, 1.165) is 42.9 Å². The second-order valence-corrected chi connectivity index (χ2v) is 5.49. The fraction of sp³-hybridized carbons (Fsp3) is 0.278. The number of hydrogen-bond acceptors (Lipinski definition) is 3. The first-order chi connectivity index (χ1) is 10.3. The topological polar surface area (TPSA) is 30.3 Å². The van der Waals surface area contributed by atoms with E-state index in [1.807, 2.05) is 24.3 Å². The van der Waals surface area contributed by atoms with Crippen molar-refractivity contribution in [3.8, 4) is 17.2 Å². The van der Waals surface area contributed by atoms with E-state index in [4.69, 9.17) is 0 Å². The van der Waals surface area contributed by atoms with Gasteiger partial charge in [-0.1, -0.05) is 30.3 Å². The van der Waals surface area contributed by atoms with Gasteiger partial charge in [0, 0.05) is 31.9 Å². The van der Waals surface area contributed by atoms with E-state index in [2.05, 4.69) is 47.2 Å². The molecule has 1 aliphatic heterocycles. The van der Waals surface area contributed by atoms with Gasteiger partial charge in [-0.2, -0.15) is 5.26 Å². The molecule has 0 amide bonds. The molecule has 0 radical (unpaired) electrons. The SMILES string of the molecule is CN1CCN(c2ccc(-c3ccccc3C#N)cc2)CC1. The quantitative estimate of drug-likeness (QED) is 0.845. The molecule has 0 saturated carbocycles. The fourth-order valence-corrected chi connectivity index (χ4v) is 2.75. The Labute approximate surface area is 126 Å². The maximum Gasteiger partial charge on any atom is 0.0998 e. The number of nitriles is 1. The molecule has 0 aromatic heterocycles. The Bertz CT molecular complexity index is 647. The van der Waals surface area contributed by atoms with Gasteiger partial charge in [0.25, 0.3) is 0 Å². The number of benzene rings is 2. The highest BCUT2D eigenvalue weighted by Gasteiger charge is 2.14. The highest BCUT2D eigenvalue weighted by molar-refractivity contribution is 5.72. The zero-order valence-corrected chi connectivity index (χ0v) is 12.3. The average molecular weight is 277 g/mol. The minimum absolute atomic E-state index is 0.727. The molecule has 0 bridgehead atoms. The minimum atomic E-state index is 0.727. The van der Waals surface area contributed by atoms with Gasteiger partial charge in [-0.25, -0.2) is 0 Å². The first kappa shape index (κ1) is 13.7.